The lowest BCUT2D eigenvalue weighted by Crippen LogP contribution is -2.64. The first kappa shape index (κ1) is 20.1. The van der Waals surface area contributed by atoms with Crippen LogP contribution in [-0.2, 0) is 5.54 Å². The molecule has 0 saturated carbocycles. The highest BCUT2D eigenvalue weighted by molar-refractivity contribution is 6.30. The molecule has 0 aliphatic heterocycles. The van der Waals surface area contributed by atoms with E-state index >= 15 is 0 Å². The van der Waals surface area contributed by atoms with Gasteiger partial charge in [-0.1, -0.05) is 29.8 Å². The van der Waals surface area contributed by atoms with Gasteiger partial charge in [0.2, 0.25) is 0 Å². The van der Waals surface area contributed by atoms with Crippen molar-refractivity contribution in [3.05, 3.63) is 70.9 Å². The van der Waals surface area contributed by atoms with E-state index in [9.17, 15) is 31.1 Å². The number of para-hydroxylation sites is 1. The first-order valence-electron chi connectivity index (χ1n) is 7.75. The van der Waals surface area contributed by atoms with Crippen LogP contribution in [0.25, 0.3) is 10.9 Å². The monoisotopic (exact) mass is 420 g/mol. The van der Waals surface area contributed by atoms with Crippen molar-refractivity contribution < 1.29 is 31.1 Å². The van der Waals surface area contributed by atoms with Crippen molar-refractivity contribution in [2.75, 3.05) is 0 Å². The third-order valence-electron chi connectivity index (χ3n) is 4.25. The minimum atomic E-state index is -5.88. The second-order valence-corrected chi connectivity index (χ2v) is 6.39. The average molecular weight is 421 g/mol. The Labute approximate surface area is 159 Å². The number of H-pyrrole nitrogens is 1. The molecule has 0 saturated heterocycles. The van der Waals surface area contributed by atoms with Crippen LogP contribution in [0.3, 0.4) is 0 Å². The smallest absolute Gasteiger partial charge is 0.361 e. The Hall–Kier alpha value is -2.68. The zero-order valence-electron chi connectivity index (χ0n) is 13.8. The molecule has 148 valence electrons. The summed E-state index contributed by atoms with van der Waals surface area (Å²) in [5.41, 5.74) is -6.10. The van der Waals surface area contributed by atoms with Crippen molar-refractivity contribution in [1.29, 1.82) is 0 Å². The van der Waals surface area contributed by atoms with Crippen molar-refractivity contribution in [2.45, 2.75) is 17.9 Å². The van der Waals surface area contributed by atoms with Crippen molar-refractivity contribution >= 4 is 28.4 Å². The molecular formula is C18H11ClF6N2O. The lowest BCUT2D eigenvalue weighted by Gasteiger charge is -2.37. The van der Waals surface area contributed by atoms with Crippen LogP contribution in [0.5, 0.6) is 0 Å². The predicted molar refractivity (Wildman–Crippen MR) is 91.0 cm³/mol. The fourth-order valence-electron chi connectivity index (χ4n) is 2.90. The van der Waals surface area contributed by atoms with Crippen molar-refractivity contribution in [3.8, 4) is 0 Å². The number of halogens is 7. The van der Waals surface area contributed by atoms with Crippen molar-refractivity contribution in [2.24, 2.45) is 0 Å². The standard InChI is InChI=1S/C18H11ClF6N2O/c19-11-7-5-10(6-8-11)15(28)27-16(17(20,21)22,18(23,24)25)13-9-26-14-4-2-1-3-12(13)14/h1-9,26H,(H,27,28). The third kappa shape index (κ3) is 3.19. The zero-order valence-corrected chi connectivity index (χ0v) is 14.5. The number of aromatic amines is 1. The van der Waals surface area contributed by atoms with Crippen LogP contribution in [-0.4, -0.2) is 23.2 Å². The van der Waals surface area contributed by atoms with E-state index in [2.05, 4.69) is 4.98 Å². The maximum absolute atomic E-state index is 13.9. The second-order valence-electron chi connectivity index (χ2n) is 5.95. The third-order valence-corrected chi connectivity index (χ3v) is 4.50. The number of rotatable bonds is 3. The Morgan fingerprint density at radius 3 is 2.04 bits per heavy atom. The van der Waals surface area contributed by atoms with Crippen molar-refractivity contribution in [1.82, 2.24) is 10.3 Å². The number of fused-ring (bicyclic) bond motifs is 1. The van der Waals surface area contributed by atoms with Gasteiger partial charge in [0.05, 0.1) is 0 Å². The molecule has 0 radical (unpaired) electrons. The van der Waals surface area contributed by atoms with Gasteiger partial charge in [0.1, 0.15) is 0 Å². The van der Waals surface area contributed by atoms with E-state index in [0.717, 1.165) is 18.2 Å². The van der Waals surface area contributed by atoms with Gasteiger partial charge in [-0.2, -0.15) is 26.3 Å². The average Bonchev–Trinajstić information content (AvgIpc) is 3.02. The largest absolute Gasteiger partial charge is 0.424 e. The number of benzene rings is 2. The number of carbonyl (C=O) groups is 1. The number of hydrogen-bond acceptors (Lipinski definition) is 1. The predicted octanol–water partition coefficient (Wildman–Crippen LogP) is 5.57. The molecule has 3 rings (SSSR count). The Bertz CT molecular complexity index is 993. The fraction of sp³-hybridized carbons (Fsp3) is 0.167. The van der Waals surface area contributed by atoms with E-state index in [1.807, 2.05) is 0 Å². The maximum Gasteiger partial charge on any atom is 0.424 e. The van der Waals surface area contributed by atoms with E-state index in [0.29, 0.717) is 6.20 Å². The quantitative estimate of drug-likeness (QED) is 0.534. The zero-order chi connectivity index (χ0) is 20.7. The van der Waals surface area contributed by atoms with Crippen molar-refractivity contribution in [3.63, 3.8) is 0 Å². The van der Waals surface area contributed by atoms with Crippen LogP contribution >= 0.6 is 11.6 Å². The van der Waals surface area contributed by atoms with Crippen LogP contribution in [0, 0.1) is 0 Å². The summed E-state index contributed by atoms with van der Waals surface area (Å²) in [5, 5.41) is 1.05. The molecule has 1 aromatic heterocycles. The van der Waals surface area contributed by atoms with E-state index in [-0.39, 0.29) is 15.9 Å². The number of amides is 1. The van der Waals surface area contributed by atoms with Gasteiger partial charge in [-0.3, -0.25) is 4.79 Å². The Morgan fingerprint density at radius 1 is 0.893 bits per heavy atom. The molecule has 10 heteroatoms. The van der Waals surface area contributed by atoms with Gasteiger partial charge in [-0.15, -0.1) is 0 Å². The molecule has 0 unspecified atom stereocenters. The van der Waals surface area contributed by atoms with Gasteiger partial charge >= 0.3 is 12.4 Å². The minimum Gasteiger partial charge on any atom is -0.361 e. The van der Waals surface area contributed by atoms with Crippen LogP contribution in [0.15, 0.2) is 54.7 Å². The Kier molecular flexibility index (Phi) is 4.82. The first-order chi connectivity index (χ1) is 13.0. The van der Waals surface area contributed by atoms with Gasteiger partial charge in [0.25, 0.3) is 11.4 Å². The molecule has 3 aromatic rings. The second kappa shape index (κ2) is 6.73. The van der Waals surface area contributed by atoms with Crippen LogP contribution in [0.1, 0.15) is 15.9 Å². The van der Waals surface area contributed by atoms with Gasteiger partial charge < -0.3 is 10.3 Å². The summed E-state index contributed by atoms with van der Waals surface area (Å²) in [7, 11) is 0. The summed E-state index contributed by atoms with van der Waals surface area (Å²) in [4.78, 5) is 14.7. The number of aromatic nitrogens is 1. The summed E-state index contributed by atoms with van der Waals surface area (Å²) < 4.78 is 83.6. The highest BCUT2D eigenvalue weighted by atomic mass is 35.5. The summed E-state index contributed by atoms with van der Waals surface area (Å²) in [6.45, 7) is 0. The number of alkyl halides is 6. The topological polar surface area (TPSA) is 44.9 Å². The number of carbonyl (C=O) groups excluding carboxylic acids is 1. The first-order valence-corrected chi connectivity index (χ1v) is 8.13. The van der Waals surface area contributed by atoms with E-state index in [1.54, 1.807) is 0 Å². The molecule has 1 amide bonds. The van der Waals surface area contributed by atoms with Crippen LogP contribution in [0.2, 0.25) is 5.02 Å². The molecule has 0 fully saturated rings. The molecule has 0 spiro atoms. The summed E-state index contributed by atoms with van der Waals surface area (Å²) in [6, 6.07) is 9.64. The summed E-state index contributed by atoms with van der Waals surface area (Å²) in [5.74, 6) is -1.54. The lowest BCUT2D eigenvalue weighted by atomic mass is 9.87. The van der Waals surface area contributed by atoms with E-state index in [4.69, 9.17) is 11.6 Å². The molecule has 1 heterocycles. The molecule has 3 nitrogen and oxygen atoms in total. The highest BCUT2D eigenvalue weighted by Gasteiger charge is 2.73. The van der Waals surface area contributed by atoms with Gasteiger partial charge in [0, 0.05) is 33.2 Å². The van der Waals surface area contributed by atoms with Crippen LogP contribution < -0.4 is 5.32 Å². The number of hydrogen-bond donors (Lipinski definition) is 2. The molecule has 2 N–H and O–H groups in total. The molecular weight excluding hydrogens is 410 g/mol. The van der Waals surface area contributed by atoms with Gasteiger partial charge in [-0.05, 0) is 30.3 Å². The molecule has 0 bridgehead atoms. The highest BCUT2D eigenvalue weighted by Crippen LogP contribution is 2.52. The Morgan fingerprint density at radius 2 is 1.46 bits per heavy atom. The van der Waals surface area contributed by atoms with E-state index < -0.39 is 34.9 Å². The van der Waals surface area contributed by atoms with Crippen LogP contribution in [0.4, 0.5) is 26.3 Å². The molecule has 0 aliphatic carbocycles. The molecule has 0 atom stereocenters. The normalized spacial score (nSPS) is 13.0. The molecule has 2 aromatic carbocycles. The maximum atomic E-state index is 13.9. The minimum absolute atomic E-state index is 0.0658. The molecule has 0 aliphatic rings. The lowest BCUT2D eigenvalue weighted by molar-refractivity contribution is -0.309. The fourth-order valence-corrected chi connectivity index (χ4v) is 3.03. The number of nitrogens with one attached hydrogen (secondary N) is 2. The Balaban J connectivity index is 2.22. The molecule has 28 heavy (non-hydrogen) atoms. The van der Waals surface area contributed by atoms with Gasteiger partial charge in [0.15, 0.2) is 0 Å². The van der Waals surface area contributed by atoms with Gasteiger partial charge in [-0.25, -0.2) is 0 Å². The SMILES string of the molecule is O=C(NC(c1c[nH]c2ccccc12)(C(F)(F)F)C(F)(F)F)c1ccc(Cl)cc1. The summed E-state index contributed by atoms with van der Waals surface area (Å²) in [6.07, 6.45) is -11.1. The van der Waals surface area contributed by atoms with E-state index in [1.165, 1.54) is 35.6 Å². The summed E-state index contributed by atoms with van der Waals surface area (Å²) >= 11 is 5.65.